The molecule has 2 aliphatic rings. The SMILES string of the molecule is Cc1ccc2nc3c(c(C(=O)OCC(=O)Nc4ccnn4C4CCCC4)c2c1)CCCC3. The number of benzene rings is 1. The summed E-state index contributed by atoms with van der Waals surface area (Å²) in [5.41, 5.74) is 4.37. The molecule has 7 heteroatoms. The van der Waals surface area contributed by atoms with Crippen molar-refractivity contribution in [1.82, 2.24) is 14.8 Å². The summed E-state index contributed by atoms with van der Waals surface area (Å²) in [4.78, 5) is 30.6. The fourth-order valence-corrected chi connectivity index (χ4v) is 5.01. The molecule has 5 rings (SSSR count). The van der Waals surface area contributed by atoms with Crippen LogP contribution in [0.15, 0.2) is 30.5 Å². The number of nitrogens with one attached hydrogen (secondary N) is 1. The Labute approximate surface area is 187 Å². The Morgan fingerprint density at radius 2 is 1.94 bits per heavy atom. The lowest BCUT2D eigenvalue weighted by Gasteiger charge is -2.20. The number of rotatable bonds is 5. The molecule has 2 aliphatic carbocycles. The van der Waals surface area contributed by atoms with Gasteiger partial charge in [0.2, 0.25) is 0 Å². The molecule has 1 saturated carbocycles. The first-order valence-corrected chi connectivity index (χ1v) is 11.5. The molecule has 1 amide bonds. The molecular weight excluding hydrogens is 404 g/mol. The average molecular weight is 433 g/mol. The minimum atomic E-state index is -0.458. The molecule has 2 heterocycles. The number of ether oxygens (including phenoxy) is 1. The van der Waals surface area contributed by atoms with E-state index in [0.717, 1.165) is 66.2 Å². The highest BCUT2D eigenvalue weighted by Crippen LogP contribution is 2.32. The molecule has 0 unspecified atom stereocenters. The lowest BCUT2D eigenvalue weighted by atomic mass is 9.89. The number of nitrogens with zero attached hydrogens (tertiary/aromatic N) is 3. The third-order valence-corrected chi connectivity index (χ3v) is 6.56. The third kappa shape index (κ3) is 3.99. The number of carbonyl (C=O) groups excluding carboxylic acids is 2. The number of hydrogen-bond acceptors (Lipinski definition) is 5. The Kier molecular flexibility index (Phi) is 5.64. The number of amides is 1. The quantitative estimate of drug-likeness (QED) is 0.599. The lowest BCUT2D eigenvalue weighted by molar-refractivity contribution is -0.119. The number of fused-ring (bicyclic) bond motifs is 2. The van der Waals surface area contributed by atoms with Crippen molar-refractivity contribution in [3.8, 4) is 0 Å². The summed E-state index contributed by atoms with van der Waals surface area (Å²) in [6.07, 6.45) is 9.96. The van der Waals surface area contributed by atoms with Gasteiger partial charge in [-0.05, 0) is 63.1 Å². The van der Waals surface area contributed by atoms with Crippen LogP contribution in [0.2, 0.25) is 0 Å². The van der Waals surface area contributed by atoms with E-state index in [0.29, 0.717) is 17.4 Å². The van der Waals surface area contributed by atoms with Crippen LogP contribution in [0.25, 0.3) is 10.9 Å². The van der Waals surface area contributed by atoms with Crippen LogP contribution in [0.3, 0.4) is 0 Å². The highest BCUT2D eigenvalue weighted by atomic mass is 16.5. The van der Waals surface area contributed by atoms with Crippen molar-refractivity contribution in [3.05, 3.63) is 52.8 Å². The van der Waals surface area contributed by atoms with E-state index >= 15 is 0 Å². The van der Waals surface area contributed by atoms with E-state index in [1.165, 1.54) is 12.8 Å². The Balaban J connectivity index is 1.34. The zero-order chi connectivity index (χ0) is 22.1. The number of aromatic nitrogens is 3. The Morgan fingerprint density at radius 1 is 1.12 bits per heavy atom. The van der Waals surface area contributed by atoms with E-state index in [9.17, 15) is 9.59 Å². The second-order valence-corrected chi connectivity index (χ2v) is 8.86. The monoisotopic (exact) mass is 432 g/mol. The van der Waals surface area contributed by atoms with E-state index in [2.05, 4.69) is 10.4 Å². The Hall–Kier alpha value is -3.22. The van der Waals surface area contributed by atoms with Crippen LogP contribution >= 0.6 is 0 Å². The van der Waals surface area contributed by atoms with E-state index < -0.39 is 5.97 Å². The number of pyridine rings is 1. The van der Waals surface area contributed by atoms with E-state index in [-0.39, 0.29) is 12.5 Å². The van der Waals surface area contributed by atoms with Gasteiger partial charge in [-0.15, -0.1) is 0 Å². The molecule has 1 fully saturated rings. The molecule has 166 valence electrons. The van der Waals surface area contributed by atoms with Crippen LogP contribution in [0, 0.1) is 6.92 Å². The summed E-state index contributed by atoms with van der Waals surface area (Å²) < 4.78 is 7.39. The van der Waals surface area contributed by atoms with Crippen LogP contribution in [0.1, 0.15) is 71.7 Å². The predicted molar refractivity (Wildman–Crippen MR) is 122 cm³/mol. The summed E-state index contributed by atoms with van der Waals surface area (Å²) in [7, 11) is 0. The normalized spacial score (nSPS) is 16.2. The second-order valence-electron chi connectivity index (χ2n) is 8.86. The molecule has 3 aromatic rings. The van der Waals surface area contributed by atoms with Crippen molar-refractivity contribution in [1.29, 1.82) is 0 Å². The van der Waals surface area contributed by atoms with Crippen LogP contribution in [-0.2, 0) is 22.4 Å². The molecule has 0 atom stereocenters. The van der Waals surface area contributed by atoms with Crippen LogP contribution in [0.5, 0.6) is 0 Å². The molecule has 0 aliphatic heterocycles. The van der Waals surface area contributed by atoms with Crippen molar-refractivity contribution < 1.29 is 14.3 Å². The summed E-state index contributed by atoms with van der Waals surface area (Å²) in [6, 6.07) is 8.04. The smallest absolute Gasteiger partial charge is 0.339 e. The van der Waals surface area contributed by atoms with Gasteiger partial charge in [0.05, 0.1) is 23.3 Å². The first-order chi connectivity index (χ1) is 15.6. The van der Waals surface area contributed by atoms with Crippen LogP contribution in [0.4, 0.5) is 5.82 Å². The predicted octanol–water partition coefficient (Wildman–Crippen LogP) is 4.53. The standard InChI is InChI=1S/C25H28N4O3/c1-16-10-11-21-19(14-16)24(18-8-4-5-9-20(18)27-21)25(31)32-15-23(30)28-22-12-13-26-29(22)17-6-2-3-7-17/h10-14,17H,2-9,15H2,1H3,(H,28,30). The molecule has 1 aromatic carbocycles. The molecule has 32 heavy (non-hydrogen) atoms. The van der Waals surface area contributed by atoms with Crippen molar-refractivity contribution in [2.45, 2.75) is 64.3 Å². The van der Waals surface area contributed by atoms with Crippen molar-refractivity contribution >= 4 is 28.6 Å². The minimum Gasteiger partial charge on any atom is -0.452 e. The topological polar surface area (TPSA) is 86.1 Å². The fraction of sp³-hybridized carbons (Fsp3) is 0.440. The highest BCUT2D eigenvalue weighted by Gasteiger charge is 2.25. The van der Waals surface area contributed by atoms with Gasteiger partial charge in [-0.2, -0.15) is 5.10 Å². The van der Waals surface area contributed by atoms with Gasteiger partial charge in [0.25, 0.3) is 5.91 Å². The average Bonchev–Trinajstić information content (AvgIpc) is 3.48. The molecule has 0 radical (unpaired) electrons. The van der Waals surface area contributed by atoms with Gasteiger partial charge in [0.15, 0.2) is 6.61 Å². The molecule has 1 N–H and O–H groups in total. The van der Waals surface area contributed by atoms with Gasteiger partial charge < -0.3 is 10.1 Å². The van der Waals surface area contributed by atoms with Gasteiger partial charge in [-0.25, -0.2) is 9.48 Å². The maximum Gasteiger partial charge on any atom is 0.339 e. The van der Waals surface area contributed by atoms with E-state index in [1.54, 1.807) is 12.3 Å². The number of carbonyl (C=O) groups is 2. The van der Waals surface area contributed by atoms with Crippen molar-refractivity contribution in [2.24, 2.45) is 0 Å². The molecular formula is C25H28N4O3. The zero-order valence-electron chi connectivity index (χ0n) is 18.4. The van der Waals surface area contributed by atoms with Crippen molar-refractivity contribution in [3.63, 3.8) is 0 Å². The number of esters is 1. The van der Waals surface area contributed by atoms with Gasteiger partial charge >= 0.3 is 5.97 Å². The second kappa shape index (κ2) is 8.73. The summed E-state index contributed by atoms with van der Waals surface area (Å²) >= 11 is 0. The summed E-state index contributed by atoms with van der Waals surface area (Å²) in [6.45, 7) is 1.66. The molecule has 2 aromatic heterocycles. The summed E-state index contributed by atoms with van der Waals surface area (Å²) in [5, 5.41) is 8.03. The minimum absolute atomic E-state index is 0.320. The number of hydrogen-bond donors (Lipinski definition) is 1. The maximum absolute atomic E-state index is 13.2. The Morgan fingerprint density at radius 3 is 2.78 bits per heavy atom. The van der Waals surface area contributed by atoms with E-state index in [1.807, 2.05) is 29.8 Å². The van der Waals surface area contributed by atoms with Crippen LogP contribution < -0.4 is 5.32 Å². The first-order valence-electron chi connectivity index (χ1n) is 11.5. The largest absolute Gasteiger partial charge is 0.452 e. The van der Waals surface area contributed by atoms with Gasteiger partial charge in [-0.1, -0.05) is 24.5 Å². The first kappa shape index (κ1) is 20.7. The van der Waals surface area contributed by atoms with Gasteiger partial charge in [0.1, 0.15) is 5.82 Å². The third-order valence-electron chi connectivity index (χ3n) is 6.56. The fourth-order valence-electron chi connectivity index (χ4n) is 5.01. The molecule has 7 nitrogen and oxygen atoms in total. The summed E-state index contributed by atoms with van der Waals surface area (Å²) in [5.74, 6) is -0.164. The van der Waals surface area contributed by atoms with E-state index in [4.69, 9.17) is 9.72 Å². The lowest BCUT2D eigenvalue weighted by Crippen LogP contribution is -2.24. The van der Waals surface area contributed by atoms with Gasteiger partial charge in [0, 0.05) is 17.1 Å². The molecule has 0 bridgehead atoms. The van der Waals surface area contributed by atoms with Gasteiger partial charge in [-0.3, -0.25) is 9.78 Å². The van der Waals surface area contributed by atoms with Crippen molar-refractivity contribution in [2.75, 3.05) is 11.9 Å². The highest BCUT2D eigenvalue weighted by molar-refractivity contribution is 6.06. The molecule has 0 saturated heterocycles. The number of anilines is 1. The maximum atomic E-state index is 13.2. The van der Waals surface area contributed by atoms with Crippen LogP contribution in [-0.4, -0.2) is 33.2 Å². The molecule has 0 spiro atoms. The Bertz CT molecular complexity index is 1180. The zero-order valence-corrected chi connectivity index (χ0v) is 18.4. The number of aryl methyl sites for hydroxylation is 2.